The quantitative estimate of drug-likeness (QED) is 0.261. The summed E-state index contributed by atoms with van der Waals surface area (Å²) in [5.41, 5.74) is 6.61. The van der Waals surface area contributed by atoms with Gasteiger partial charge in [0.05, 0.1) is 11.0 Å². The van der Waals surface area contributed by atoms with E-state index in [2.05, 4.69) is 20.6 Å². The van der Waals surface area contributed by atoms with E-state index < -0.39 is 0 Å². The van der Waals surface area contributed by atoms with Crippen molar-refractivity contribution in [2.45, 2.75) is 13.8 Å². The van der Waals surface area contributed by atoms with Crippen molar-refractivity contribution in [3.05, 3.63) is 89.0 Å². The Labute approximate surface area is 222 Å². The number of benzene rings is 2. The molecule has 0 atom stereocenters. The van der Waals surface area contributed by atoms with Crippen LogP contribution in [0.1, 0.15) is 24.7 Å². The van der Waals surface area contributed by atoms with Crippen LogP contribution in [-0.2, 0) is 7.05 Å². The van der Waals surface area contributed by atoms with E-state index in [9.17, 15) is 4.79 Å². The number of aromatic nitrogens is 4. The summed E-state index contributed by atoms with van der Waals surface area (Å²) in [7, 11) is 3.51. The molecule has 0 radical (unpaired) electrons. The van der Waals surface area contributed by atoms with Gasteiger partial charge in [0.25, 0.3) is 5.91 Å². The molecular weight excluding hydrogens is 488 g/mol. The molecule has 0 aliphatic carbocycles. The zero-order chi connectivity index (χ0) is 26.1. The second kappa shape index (κ2) is 9.91. The smallest absolute Gasteiger partial charge is 0.269 e. The Bertz CT molecular complexity index is 1660. The summed E-state index contributed by atoms with van der Waals surface area (Å²) in [6.07, 6.45) is 1.54. The number of fused-ring (bicyclic) bond motifs is 1. The number of rotatable bonds is 6. The van der Waals surface area contributed by atoms with Gasteiger partial charge in [0.2, 0.25) is 5.95 Å². The Morgan fingerprint density at radius 3 is 2.57 bits per heavy atom. The van der Waals surface area contributed by atoms with Gasteiger partial charge in [-0.05, 0) is 56.3 Å². The maximum absolute atomic E-state index is 11.9. The first-order valence-corrected chi connectivity index (χ1v) is 12.0. The first-order valence-electron chi connectivity index (χ1n) is 11.7. The fourth-order valence-corrected chi connectivity index (χ4v) is 4.35. The lowest BCUT2D eigenvalue weighted by molar-refractivity contribution is 0.0958. The van der Waals surface area contributed by atoms with Crippen molar-refractivity contribution in [3.63, 3.8) is 0 Å². The first kappa shape index (κ1) is 24.3. The third-order valence-corrected chi connectivity index (χ3v) is 6.35. The molecule has 2 aromatic carbocycles. The summed E-state index contributed by atoms with van der Waals surface area (Å²) in [5, 5.41) is 6.62. The number of pyridine rings is 2. The van der Waals surface area contributed by atoms with E-state index in [1.165, 1.54) is 6.20 Å². The van der Waals surface area contributed by atoms with Crippen molar-refractivity contribution < 1.29 is 12.4 Å². The summed E-state index contributed by atoms with van der Waals surface area (Å²) < 4.78 is 7.95. The molecule has 5 aromatic rings. The van der Waals surface area contributed by atoms with Crippen LogP contribution in [0.25, 0.3) is 22.2 Å². The molecule has 0 spiro atoms. The normalized spacial score (nSPS) is 10.9. The second-order valence-corrected chi connectivity index (χ2v) is 9.02. The van der Waals surface area contributed by atoms with Gasteiger partial charge in [-0.1, -0.05) is 17.7 Å². The largest absolute Gasteiger partial charge is 0.457 e. The van der Waals surface area contributed by atoms with Crippen LogP contribution in [0.4, 0.5) is 11.6 Å². The van der Waals surface area contributed by atoms with Gasteiger partial charge in [-0.15, -0.1) is 0 Å². The topological polar surface area (TPSA) is 94.0 Å². The van der Waals surface area contributed by atoms with Crippen LogP contribution in [0, 0.1) is 13.8 Å². The second-order valence-electron chi connectivity index (χ2n) is 8.61. The van der Waals surface area contributed by atoms with Crippen LogP contribution in [0.3, 0.4) is 0 Å². The minimum Gasteiger partial charge on any atom is -0.457 e. The summed E-state index contributed by atoms with van der Waals surface area (Å²) in [6, 6.07) is 18.8. The fourth-order valence-electron chi connectivity index (χ4n) is 4.13. The molecule has 37 heavy (non-hydrogen) atoms. The summed E-state index contributed by atoms with van der Waals surface area (Å²) in [6.45, 7) is 3.95. The molecule has 3 heterocycles. The zero-order valence-electron chi connectivity index (χ0n) is 20.8. The van der Waals surface area contributed by atoms with Gasteiger partial charge in [-0.25, -0.2) is 4.98 Å². The van der Waals surface area contributed by atoms with Crippen LogP contribution in [0.15, 0.2) is 66.9 Å². The molecule has 0 unspecified atom stereocenters. The molecule has 1 amide bonds. The van der Waals surface area contributed by atoms with Crippen LogP contribution in [0.5, 0.6) is 11.5 Å². The number of imidazole rings is 1. The summed E-state index contributed by atoms with van der Waals surface area (Å²) in [5.74, 6) is 1.50. The maximum Gasteiger partial charge on any atom is 0.269 e. The predicted molar refractivity (Wildman–Crippen MR) is 150 cm³/mol. The number of ether oxygens (including phenoxy) is 1. The number of anilines is 2. The van der Waals surface area contributed by atoms with Gasteiger partial charge in [-0.2, -0.15) is 0 Å². The van der Waals surface area contributed by atoms with Gasteiger partial charge >= 0.3 is 0 Å². The van der Waals surface area contributed by atoms with Gasteiger partial charge in [0.1, 0.15) is 17.2 Å². The van der Waals surface area contributed by atoms with Gasteiger partial charge in [-0.3, -0.25) is 14.8 Å². The number of nitrogens with zero attached hydrogens (tertiary/aromatic N) is 4. The number of halogens is 1. The Hall–Kier alpha value is -4.43. The average molecular weight is 517 g/mol. The van der Waals surface area contributed by atoms with Crippen LogP contribution < -0.4 is 15.4 Å². The van der Waals surface area contributed by atoms with Crippen LogP contribution in [-0.4, -0.2) is 32.5 Å². The van der Waals surface area contributed by atoms with E-state index in [1.807, 2.05) is 74.0 Å². The Morgan fingerprint density at radius 1 is 0.973 bits per heavy atom. The number of carbonyl (C=O) groups is 1. The molecule has 0 fully saturated rings. The minimum atomic E-state index is -0.277. The Balaban J connectivity index is 0.00000210. The minimum absolute atomic E-state index is 0. The number of hydrogen-bond donors (Lipinski definition) is 2. The number of carbonyl (C=O) groups excluding carboxylic acids is 1. The third-order valence-electron chi connectivity index (χ3n) is 6.02. The van der Waals surface area contributed by atoms with E-state index in [-0.39, 0.29) is 14.5 Å². The van der Waals surface area contributed by atoms with Crippen molar-refractivity contribution >= 4 is 40.2 Å². The molecule has 2 N–H and O–H groups in total. The van der Waals surface area contributed by atoms with Crippen molar-refractivity contribution in [3.8, 4) is 22.6 Å². The molecule has 0 saturated carbocycles. The Kier molecular flexibility index (Phi) is 6.50. The summed E-state index contributed by atoms with van der Waals surface area (Å²) >= 11 is 6.54. The molecule has 0 saturated heterocycles. The van der Waals surface area contributed by atoms with Crippen molar-refractivity contribution in [2.75, 3.05) is 12.4 Å². The molecular formula is C28H29ClN6O2. The number of aryl methyl sites for hydroxylation is 3. The first-order chi connectivity index (χ1) is 17.8. The molecule has 5 rings (SSSR count). The van der Waals surface area contributed by atoms with E-state index >= 15 is 0 Å². The summed E-state index contributed by atoms with van der Waals surface area (Å²) in [4.78, 5) is 25.3. The third kappa shape index (κ3) is 4.96. The van der Waals surface area contributed by atoms with Crippen molar-refractivity contribution in [1.82, 2.24) is 24.8 Å². The fraction of sp³-hybridized carbons (Fsp3) is 0.143. The molecule has 3 aromatic heterocycles. The van der Waals surface area contributed by atoms with E-state index in [4.69, 9.17) is 21.3 Å². The maximum atomic E-state index is 11.9. The molecule has 0 aliphatic rings. The van der Waals surface area contributed by atoms with E-state index in [1.54, 1.807) is 19.2 Å². The molecule has 0 bridgehead atoms. The van der Waals surface area contributed by atoms with Crippen molar-refractivity contribution in [1.29, 1.82) is 0 Å². The van der Waals surface area contributed by atoms with Crippen LogP contribution in [0.2, 0.25) is 5.02 Å². The SMILES string of the molecule is CNC(=O)c1cc(Oc2ccc3c(c2)nc(Nc2ccc(Cl)c(-c4ccc(C)nc4C)c2)n3C)ccn1.[HH].[HH]. The highest BCUT2D eigenvalue weighted by molar-refractivity contribution is 6.33. The number of amides is 1. The van der Waals surface area contributed by atoms with Crippen molar-refractivity contribution in [2.24, 2.45) is 7.05 Å². The van der Waals surface area contributed by atoms with Gasteiger partial charge in [0.15, 0.2) is 0 Å². The standard InChI is InChI=1S/C28H25ClN6O2.2H2/c1-16-5-8-21(17(2)32-16)22-13-18(6-9-23(22)29)33-28-34-24-14-19(7-10-26(24)35(28)4)37-20-11-12-31-25(15-20)27(36)30-3;;/h5-15H,1-4H3,(H,30,36)(H,33,34);2*1H. The lowest BCUT2D eigenvalue weighted by Gasteiger charge is -2.12. The number of hydrogen-bond acceptors (Lipinski definition) is 6. The lowest BCUT2D eigenvalue weighted by atomic mass is 10.0. The van der Waals surface area contributed by atoms with Gasteiger partial charge in [0, 0.05) is 68.5 Å². The predicted octanol–water partition coefficient (Wildman–Crippen LogP) is 6.69. The highest BCUT2D eigenvalue weighted by atomic mass is 35.5. The van der Waals surface area contributed by atoms with Gasteiger partial charge < -0.3 is 19.9 Å². The Morgan fingerprint density at radius 2 is 1.78 bits per heavy atom. The molecule has 190 valence electrons. The molecule has 9 heteroatoms. The van der Waals surface area contributed by atoms with Crippen LogP contribution >= 0.6 is 11.6 Å². The number of nitrogens with one attached hydrogen (secondary N) is 2. The highest BCUT2D eigenvalue weighted by Gasteiger charge is 2.13. The molecule has 0 aliphatic heterocycles. The lowest BCUT2D eigenvalue weighted by Crippen LogP contribution is -2.18. The monoisotopic (exact) mass is 516 g/mol. The van der Waals surface area contributed by atoms with E-state index in [0.29, 0.717) is 22.5 Å². The van der Waals surface area contributed by atoms with E-state index in [0.717, 1.165) is 39.2 Å². The zero-order valence-corrected chi connectivity index (χ0v) is 21.6. The average Bonchev–Trinajstić information content (AvgIpc) is 3.19. The highest BCUT2D eigenvalue weighted by Crippen LogP contribution is 2.34. The molecule has 8 nitrogen and oxygen atoms in total.